The fourth-order valence-corrected chi connectivity index (χ4v) is 3.89. The van der Waals surface area contributed by atoms with Gasteiger partial charge in [0, 0.05) is 0 Å². The molecule has 0 N–H and O–H groups in total. The van der Waals surface area contributed by atoms with Gasteiger partial charge in [-0.1, -0.05) is 135 Å². The van der Waals surface area contributed by atoms with Crippen molar-refractivity contribution in [1.29, 1.82) is 0 Å². The second kappa shape index (κ2) is 13.8. The van der Waals surface area contributed by atoms with Gasteiger partial charge >= 0.3 is 0 Å². The highest BCUT2D eigenvalue weighted by Crippen LogP contribution is 2.22. The summed E-state index contributed by atoms with van der Waals surface area (Å²) in [5.41, 5.74) is 7.03. The molecule has 0 unspecified atom stereocenters. The molecule has 0 aliphatic rings. The summed E-state index contributed by atoms with van der Waals surface area (Å²) in [5.74, 6) is -0.0956. The molecule has 0 aliphatic carbocycles. The zero-order valence-corrected chi connectivity index (χ0v) is 24.9. The Morgan fingerprint density at radius 3 is 1.31 bits per heavy atom. The summed E-state index contributed by atoms with van der Waals surface area (Å²) in [6, 6.07) is 24.9. The maximum Gasteiger partial charge on any atom is 0.126 e. The minimum atomic E-state index is -0.0956. The first-order valence-corrected chi connectivity index (χ1v) is 13.3. The summed E-state index contributed by atoms with van der Waals surface area (Å²) in [4.78, 5) is 0. The van der Waals surface area contributed by atoms with E-state index in [9.17, 15) is 4.39 Å². The fourth-order valence-electron chi connectivity index (χ4n) is 3.89. The van der Waals surface area contributed by atoms with Crippen LogP contribution in [-0.2, 0) is 19.3 Å². The molecule has 0 saturated heterocycles. The van der Waals surface area contributed by atoms with Gasteiger partial charge in [0.05, 0.1) is 0 Å². The van der Waals surface area contributed by atoms with Crippen molar-refractivity contribution in [3.8, 4) is 0 Å². The standard InChI is InChI=1S/C12H17F.C12H18.C11H16/c1-9-5-6-10(7-11(9)13)8-12(2,3)4;1-10-5-7-11(8-6-10)9-12(2,3)4;1-11(2,3)9-10-7-5-4-6-8-10/h5-7H,8H2,1-4H3;5-8H,9H2,1-4H3;4-8H,9H2,1-3H3. The van der Waals surface area contributed by atoms with Crippen molar-refractivity contribution in [3.63, 3.8) is 0 Å². The Morgan fingerprint density at radius 1 is 0.500 bits per heavy atom. The van der Waals surface area contributed by atoms with Crippen molar-refractivity contribution in [1.82, 2.24) is 0 Å². The van der Waals surface area contributed by atoms with Gasteiger partial charge in [0.1, 0.15) is 5.82 Å². The summed E-state index contributed by atoms with van der Waals surface area (Å²) in [7, 11) is 0. The van der Waals surface area contributed by atoms with Crippen molar-refractivity contribution in [3.05, 3.63) is 106 Å². The Labute approximate surface area is 222 Å². The van der Waals surface area contributed by atoms with Crippen LogP contribution in [0.15, 0.2) is 72.8 Å². The maximum absolute atomic E-state index is 13.2. The molecule has 0 radical (unpaired) electrons. The van der Waals surface area contributed by atoms with Crippen molar-refractivity contribution >= 4 is 0 Å². The highest BCUT2D eigenvalue weighted by Gasteiger charge is 2.12. The van der Waals surface area contributed by atoms with E-state index in [1.807, 2.05) is 12.1 Å². The second-order valence-electron chi connectivity index (χ2n) is 13.8. The van der Waals surface area contributed by atoms with Crippen LogP contribution in [0.25, 0.3) is 0 Å². The molecule has 3 aromatic rings. The summed E-state index contributed by atoms with van der Waals surface area (Å²) in [6.07, 6.45) is 3.24. The topological polar surface area (TPSA) is 0 Å². The summed E-state index contributed by atoms with van der Waals surface area (Å²) in [5, 5.41) is 0. The third kappa shape index (κ3) is 15.6. The molecule has 0 aliphatic heterocycles. The van der Waals surface area contributed by atoms with E-state index in [1.54, 1.807) is 13.0 Å². The molecule has 198 valence electrons. The van der Waals surface area contributed by atoms with Gasteiger partial charge < -0.3 is 0 Å². The molecule has 0 nitrogen and oxygen atoms in total. The monoisotopic (exact) mass is 490 g/mol. The molecule has 0 fully saturated rings. The molecular weight excluding hydrogens is 439 g/mol. The van der Waals surface area contributed by atoms with E-state index < -0.39 is 0 Å². The number of rotatable bonds is 3. The quantitative estimate of drug-likeness (QED) is 0.342. The molecule has 3 rings (SSSR count). The number of aryl methyl sites for hydroxylation is 2. The van der Waals surface area contributed by atoms with E-state index in [4.69, 9.17) is 0 Å². The molecule has 36 heavy (non-hydrogen) atoms. The van der Waals surface area contributed by atoms with Crippen LogP contribution in [0.1, 0.15) is 90.1 Å². The molecule has 0 atom stereocenters. The lowest BCUT2D eigenvalue weighted by Crippen LogP contribution is -2.09. The molecule has 1 heteroatoms. The van der Waals surface area contributed by atoms with E-state index in [0.717, 1.165) is 30.4 Å². The second-order valence-corrected chi connectivity index (χ2v) is 13.8. The average Bonchev–Trinajstić information content (AvgIpc) is 2.71. The minimum Gasteiger partial charge on any atom is -0.207 e. The molecule has 0 saturated carbocycles. The Bertz CT molecular complexity index is 1010. The smallest absolute Gasteiger partial charge is 0.126 e. The lowest BCUT2D eigenvalue weighted by Gasteiger charge is -2.18. The van der Waals surface area contributed by atoms with Gasteiger partial charge in [-0.15, -0.1) is 0 Å². The van der Waals surface area contributed by atoms with E-state index in [0.29, 0.717) is 10.8 Å². The van der Waals surface area contributed by atoms with Crippen molar-refractivity contribution in [2.45, 2.75) is 95.4 Å². The van der Waals surface area contributed by atoms with Gasteiger partial charge in [-0.05, 0) is 77.7 Å². The first-order valence-electron chi connectivity index (χ1n) is 13.3. The van der Waals surface area contributed by atoms with Crippen molar-refractivity contribution < 1.29 is 4.39 Å². The van der Waals surface area contributed by atoms with Gasteiger partial charge in [-0.25, -0.2) is 4.39 Å². The van der Waals surface area contributed by atoms with Crippen LogP contribution >= 0.6 is 0 Å². The fraction of sp³-hybridized carbons (Fsp3) is 0.486. The molecular formula is C35H51F. The first-order chi connectivity index (χ1) is 16.4. The van der Waals surface area contributed by atoms with Crippen LogP contribution in [0.5, 0.6) is 0 Å². The summed E-state index contributed by atoms with van der Waals surface area (Å²) in [6.45, 7) is 24.0. The average molecular weight is 491 g/mol. The minimum absolute atomic E-state index is 0.0956. The van der Waals surface area contributed by atoms with Gasteiger partial charge in [-0.2, -0.15) is 0 Å². The predicted octanol–water partition coefficient (Wildman–Crippen LogP) is 10.6. The van der Waals surface area contributed by atoms with Crippen LogP contribution in [0, 0.1) is 35.9 Å². The maximum atomic E-state index is 13.2. The van der Waals surface area contributed by atoms with Crippen molar-refractivity contribution in [2.75, 3.05) is 0 Å². The largest absolute Gasteiger partial charge is 0.207 e. The highest BCUT2D eigenvalue weighted by molar-refractivity contribution is 5.24. The lowest BCUT2D eigenvalue weighted by atomic mass is 9.88. The Kier molecular flexibility index (Phi) is 12.1. The number of halogens is 1. The summed E-state index contributed by atoms with van der Waals surface area (Å²) >= 11 is 0. The Hall–Kier alpha value is -2.41. The van der Waals surface area contributed by atoms with E-state index in [-0.39, 0.29) is 11.2 Å². The Balaban J connectivity index is 0.000000271. The van der Waals surface area contributed by atoms with Gasteiger partial charge in [0.15, 0.2) is 0 Å². The third-order valence-electron chi connectivity index (χ3n) is 5.40. The lowest BCUT2D eigenvalue weighted by molar-refractivity contribution is 0.410. The van der Waals surface area contributed by atoms with Crippen molar-refractivity contribution in [2.24, 2.45) is 16.2 Å². The Morgan fingerprint density at radius 2 is 0.889 bits per heavy atom. The van der Waals surface area contributed by atoms with Crippen LogP contribution < -0.4 is 0 Å². The third-order valence-corrected chi connectivity index (χ3v) is 5.40. The molecule has 0 amide bonds. The zero-order chi connectivity index (χ0) is 27.6. The van der Waals surface area contributed by atoms with Crippen LogP contribution in [0.2, 0.25) is 0 Å². The highest BCUT2D eigenvalue weighted by atomic mass is 19.1. The van der Waals surface area contributed by atoms with Gasteiger partial charge in [0.2, 0.25) is 0 Å². The summed E-state index contributed by atoms with van der Waals surface area (Å²) < 4.78 is 13.2. The van der Waals surface area contributed by atoms with Crippen LogP contribution in [-0.4, -0.2) is 0 Å². The number of benzene rings is 3. The van der Waals surface area contributed by atoms with E-state index in [2.05, 4.69) is 124 Å². The van der Waals surface area contributed by atoms with E-state index in [1.165, 1.54) is 16.7 Å². The van der Waals surface area contributed by atoms with Gasteiger partial charge in [0.25, 0.3) is 0 Å². The first kappa shape index (κ1) is 31.6. The predicted molar refractivity (Wildman–Crippen MR) is 158 cm³/mol. The zero-order valence-electron chi connectivity index (χ0n) is 24.9. The van der Waals surface area contributed by atoms with E-state index >= 15 is 0 Å². The van der Waals surface area contributed by atoms with Crippen LogP contribution in [0.4, 0.5) is 4.39 Å². The molecule has 0 aromatic heterocycles. The van der Waals surface area contributed by atoms with Crippen LogP contribution in [0.3, 0.4) is 0 Å². The molecule has 3 aromatic carbocycles. The number of hydrogen-bond acceptors (Lipinski definition) is 0. The SMILES string of the molecule is CC(C)(C)Cc1ccccc1.Cc1ccc(CC(C)(C)C)cc1.Cc1ccc(CC(C)(C)C)cc1F. The molecule has 0 spiro atoms. The van der Waals surface area contributed by atoms with Gasteiger partial charge in [-0.3, -0.25) is 0 Å². The normalized spacial score (nSPS) is 11.7. The molecule has 0 bridgehead atoms. The molecule has 0 heterocycles. The number of hydrogen-bond donors (Lipinski definition) is 0.